The van der Waals surface area contributed by atoms with Crippen molar-refractivity contribution in [3.05, 3.63) is 33.8 Å². The van der Waals surface area contributed by atoms with E-state index in [9.17, 15) is 0 Å². The van der Waals surface area contributed by atoms with Crippen LogP contribution in [0.3, 0.4) is 0 Å². The standard InChI is InChI=1S/C15H25BrN2S/c1-12(7-8-19-4)18(3)11-14-6-5-13(10-17-2)9-15(14)16/h5-6,9,12,17H,7-8,10-11H2,1-4H3. The molecule has 1 atom stereocenters. The van der Waals surface area contributed by atoms with Gasteiger partial charge in [-0.25, -0.2) is 0 Å². The van der Waals surface area contributed by atoms with Crippen molar-refractivity contribution >= 4 is 27.7 Å². The normalized spacial score (nSPS) is 12.9. The zero-order chi connectivity index (χ0) is 14.3. The minimum absolute atomic E-state index is 0.622. The number of rotatable bonds is 8. The lowest BCUT2D eigenvalue weighted by Gasteiger charge is -2.25. The molecule has 108 valence electrons. The molecule has 1 aromatic rings. The molecule has 1 rings (SSSR count). The molecule has 0 radical (unpaired) electrons. The first kappa shape index (κ1) is 17.0. The molecule has 4 heteroatoms. The first-order chi connectivity index (χ1) is 9.08. The van der Waals surface area contributed by atoms with Crippen molar-refractivity contribution in [2.45, 2.75) is 32.5 Å². The predicted octanol–water partition coefficient (Wildman–Crippen LogP) is 3.74. The summed E-state index contributed by atoms with van der Waals surface area (Å²) < 4.78 is 1.21. The van der Waals surface area contributed by atoms with Crippen LogP contribution in [0.25, 0.3) is 0 Å². The Balaban J connectivity index is 2.61. The Bertz CT molecular complexity index is 384. The van der Waals surface area contributed by atoms with Crippen LogP contribution in [0.4, 0.5) is 0 Å². The lowest BCUT2D eigenvalue weighted by Crippen LogP contribution is -2.29. The fraction of sp³-hybridized carbons (Fsp3) is 0.600. The van der Waals surface area contributed by atoms with E-state index in [0.29, 0.717) is 6.04 Å². The molecular formula is C15H25BrN2S. The number of benzene rings is 1. The van der Waals surface area contributed by atoms with Gasteiger partial charge in [-0.2, -0.15) is 11.8 Å². The molecule has 0 aliphatic carbocycles. The van der Waals surface area contributed by atoms with Gasteiger partial charge in [-0.3, -0.25) is 4.90 Å². The van der Waals surface area contributed by atoms with E-state index in [-0.39, 0.29) is 0 Å². The summed E-state index contributed by atoms with van der Waals surface area (Å²) in [6.45, 7) is 4.22. The van der Waals surface area contributed by atoms with Gasteiger partial charge < -0.3 is 5.32 Å². The first-order valence-electron chi connectivity index (χ1n) is 6.69. The van der Waals surface area contributed by atoms with Gasteiger partial charge in [0.2, 0.25) is 0 Å². The van der Waals surface area contributed by atoms with E-state index >= 15 is 0 Å². The van der Waals surface area contributed by atoms with Crippen LogP contribution in [0.1, 0.15) is 24.5 Å². The van der Waals surface area contributed by atoms with Crippen LogP contribution in [-0.4, -0.2) is 37.0 Å². The molecule has 0 amide bonds. The molecular weight excluding hydrogens is 320 g/mol. The Morgan fingerprint density at radius 2 is 2.16 bits per heavy atom. The minimum Gasteiger partial charge on any atom is -0.316 e. The van der Waals surface area contributed by atoms with Crippen molar-refractivity contribution in [2.75, 3.05) is 26.1 Å². The van der Waals surface area contributed by atoms with Crippen LogP contribution in [0.15, 0.2) is 22.7 Å². The zero-order valence-corrected chi connectivity index (χ0v) is 14.8. The van der Waals surface area contributed by atoms with Crippen molar-refractivity contribution in [1.29, 1.82) is 0 Å². The van der Waals surface area contributed by atoms with Crippen LogP contribution in [-0.2, 0) is 13.1 Å². The van der Waals surface area contributed by atoms with Gasteiger partial charge in [-0.1, -0.05) is 28.1 Å². The molecule has 0 heterocycles. The highest BCUT2D eigenvalue weighted by molar-refractivity contribution is 9.10. The Kier molecular flexibility index (Phi) is 8.07. The van der Waals surface area contributed by atoms with Crippen LogP contribution in [0.2, 0.25) is 0 Å². The van der Waals surface area contributed by atoms with Crippen LogP contribution >= 0.6 is 27.7 Å². The number of hydrogen-bond acceptors (Lipinski definition) is 3. The second kappa shape index (κ2) is 9.01. The second-order valence-electron chi connectivity index (χ2n) is 5.00. The quantitative estimate of drug-likeness (QED) is 0.773. The third-order valence-corrected chi connectivity index (χ3v) is 4.79. The largest absolute Gasteiger partial charge is 0.316 e. The van der Waals surface area contributed by atoms with Gasteiger partial charge in [0.25, 0.3) is 0 Å². The van der Waals surface area contributed by atoms with Crippen molar-refractivity contribution in [2.24, 2.45) is 0 Å². The van der Waals surface area contributed by atoms with Crippen molar-refractivity contribution in [3.8, 4) is 0 Å². The van der Waals surface area contributed by atoms with Gasteiger partial charge >= 0.3 is 0 Å². The van der Waals surface area contributed by atoms with Crippen LogP contribution < -0.4 is 5.32 Å². The van der Waals surface area contributed by atoms with E-state index in [1.807, 2.05) is 18.8 Å². The highest BCUT2D eigenvalue weighted by Crippen LogP contribution is 2.21. The molecule has 0 bridgehead atoms. The summed E-state index contributed by atoms with van der Waals surface area (Å²) in [6, 6.07) is 7.27. The number of nitrogens with one attached hydrogen (secondary N) is 1. The van der Waals surface area contributed by atoms with Gasteiger partial charge in [-0.15, -0.1) is 0 Å². The van der Waals surface area contributed by atoms with E-state index in [1.165, 1.54) is 27.8 Å². The van der Waals surface area contributed by atoms with Gasteiger partial charge in [-0.05, 0) is 56.6 Å². The molecule has 0 spiro atoms. The van der Waals surface area contributed by atoms with Gasteiger partial charge in [0.15, 0.2) is 0 Å². The third-order valence-electron chi connectivity index (χ3n) is 3.41. The Hall–Kier alpha value is -0.0300. The topological polar surface area (TPSA) is 15.3 Å². The molecule has 2 nitrogen and oxygen atoms in total. The van der Waals surface area contributed by atoms with Gasteiger partial charge in [0.1, 0.15) is 0 Å². The van der Waals surface area contributed by atoms with E-state index in [0.717, 1.165) is 13.1 Å². The third kappa shape index (κ3) is 5.86. The Labute approximate surface area is 130 Å². The SMILES string of the molecule is CNCc1ccc(CN(C)C(C)CCSC)c(Br)c1. The number of thioether (sulfide) groups is 1. The van der Waals surface area contributed by atoms with Crippen molar-refractivity contribution in [1.82, 2.24) is 10.2 Å². The summed E-state index contributed by atoms with van der Waals surface area (Å²) in [6.07, 6.45) is 3.41. The average molecular weight is 345 g/mol. The molecule has 0 saturated heterocycles. The van der Waals surface area contributed by atoms with E-state index in [4.69, 9.17) is 0 Å². The molecule has 0 aromatic heterocycles. The molecule has 1 unspecified atom stereocenters. The first-order valence-corrected chi connectivity index (χ1v) is 8.88. The number of nitrogens with zero attached hydrogens (tertiary/aromatic N) is 1. The minimum atomic E-state index is 0.622. The average Bonchev–Trinajstić information content (AvgIpc) is 2.39. The fourth-order valence-corrected chi connectivity index (χ4v) is 3.09. The number of halogens is 1. The molecule has 19 heavy (non-hydrogen) atoms. The highest BCUT2D eigenvalue weighted by Gasteiger charge is 2.11. The van der Waals surface area contributed by atoms with E-state index in [2.05, 4.69) is 64.6 Å². The summed E-state index contributed by atoms with van der Waals surface area (Å²) in [7, 11) is 4.18. The molecule has 1 aromatic carbocycles. The maximum atomic E-state index is 3.69. The van der Waals surface area contributed by atoms with E-state index in [1.54, 1.807) is 0 Å². The highest BCUT2D eigenvalue weighted by atomic mass is 79.9. The van der Waals surface area contributed by atoms with Crippen LogP contribution in [0.5, 0.6) is 0 Å². The molecule has 0 saturated carbocycles. The Morgan fingerprint density at radius 3 is 2.74 bits per heavy atom. The van der Waals surface area contributed by atoms with E-state index < -0.39 is 0 Å². The van der Waals surface area contributed by atoms with Gasteiger partial charge in [0.05, 0.1) is 0 Å². The maximum absolute atomic E-state index is 3.69. The summed E-state index contributed by atoms with van der Waals surface area (Å²) in [4.78, 5) is 2.42. The summed E-state index contributed by atoms with van der Waals surface area (Å²) >= 11 is 5.61. The molecule has 0 aliphatic heterocycles. The summed E-state index contributed by atoms with van der Waals surface area (Å²) in [5.41, 5.74) is 2.68. The lowest BCUT2D eigenvalue weighted by atomic mass is 10.1. The smallest absolute Gasteiger partial charge is 0.0244 e. The summed E-state index contributed by atoms with van der Waals surface area (Å²) in [5.74, 6) is 1.23. The van der Waals surface area contributed by atoms with Crippen molar-refractivity contribution < 1.29 is 0 Å². The van der Waals surface area contributed by atoms with Gasteiger partial charge in [0, 0.05) is 23.6 Å². The monoisotopic (exact) mass is 344 g/mol. The van der Waals surface area contributed by atoms with Crippen LogP contribution in [0, 0.1) is 0 Å². The fourth-order valence-electron chi connectivity index (χ4n) is 1.97. The lowest BCUT2D eigenvalue weighted by molar-refractivity contribution is 0.244. The Morgan fingerprint density at radius 1 is 1.42 bits per heavy atom. The number of hydrogen-bond donors (Lipinski definition) is 1. The maximum Gasteiger partial charge on any atom is 0.0244 e. The zero-order valence-electron chi connectivity index (χ0n) is 12.4. The van der Waals surface area contributed by atoms with Crippen molar-refractivity contribution in [3.63, 3.8) is 0 Å². The molecule has 1 N–H and O–H groups in total. The summed E-state index contributed by atoms with van der Waals surface area (Å²) in [5, 5.41) is 3.18. The molecule has 0 fully saturated rings. The molecule has 0 aliphatic rings. The second-order valence-corrected chi connectivity index (χ2v) is 6.84. The predicted molar refractivity (Wildman–Crippen MR) is 90.8 cm³/mol.